The number of carbonyl (C=O) groups is 2. The number of halogens is 3. The molecule has 5 nitrogen and oxygen atoms in total. The van der Waals surface area contributed by atoms with E-state index in [9.17, 15) is 22.8 Å². The van der Waals surface area contributed by atoms with Gasteiger partial charge in [-0.25, -0.2) is 9.78 Å². The molecule has 1 N–H and O–H groups in total. The molecule has 0 unspecified atom stereocenters. The molecule has 0 atom stereocenters. The molecule has 0 bridgehead atoms. The number of carbonyl (C=O) groups excluding carboxylic acids is 2. The van der Waals surface area contributed by atoms with E-state index >= 15 is 0 Å². The van der Waals surface area contributed by atoms with Crippen molar-refractivity contribution in [3.63, 3.8) is 0 Å². The molecule has 0 saturated carbocycles. The zero-order valence-electron chi connectivity index (χ0n) is 14.9. The summed E-state index contributed by atoms with van der Waals surface area (Å²) in [6.07, 6.45) is -2.64. The van der Waals surface area contributed by atoms with Crippen LogP contribution in [0.2, 0.25) is 0 Å². The van der Waals surface area contributed by atoms with E-state index in [2.05, 4.69) is 10.3 Å². The van der Waals surface area contributed by atoms with Crippen LogP contribution in [0, 0.1) is 6.92 Å². The van der Waals surface area contributed by atoms with Crippen LogP contribution in [0.3, 0.4) is 0 Å². The predicted octanol–water partition coefficient (Wildman–Crippen LogP) is 4.21. The predicted molar refractivity (Wildman–Crippen MR) is 95.5 cm³/mol. The van der Waals surface area contributed by atoms with E-state index < -0.39 is 24.3 Å². The Morgan fingerprint density at radius 1 is 1.22 bits per heavy atom. The average molecular weight is 400 g/mol. The molecular weight excluding hydrogens is 381 g/mol. The summed E-state index contributed by atoms with van der Waals surface area (Å²) in [5.41, 5.74) is 0.104. The lowest BCUT2D eigenvalue weighted by atomic mass is 10.1. The van der Waals surface area contributed by atoms with Crippen molar-refractivity contribution in [2.75, 3.05) is 13.2 Å². The topological polar surface area (TPSA) is 68.3 Å². The van der Waals surface area contributed by atoms with E-state index in [0.717, 1.165) is 36.3 Å². The lowest BCUT2D eigenvalue weighted by molar-refractivity contribution is -0.137. The van der Waals surface area contributed by atoms with Gasteiger partial charge in [-0.15, -0.1) is 11.3 Å². The fourth-order valence-electron chi connectivity index (χ4n) is 2.16. The first-order chi connectivity index (χ1) is 12.7. The number of aryl methyl sites for hydroxylation is 1. The van der Waals surface area contributed by atoms with Crippen LogP contribution in [0.5, 0.6) is 0 Å². The number of alkyl halides is 3. The van der Waals surface area contributed by atoms with Crippen LogP contribution in [0.1, 0.15) is 40.7 Å². The number of benzene rings is 1. The molecular formula is C18H19F3N2O3S. The van der Waals surface area contributed by atoms with E-state index in [-0.39, 0.29) is 10.8 Å². The number of nitrogens with zero attached hydrogens (tertiary/aromatic N) is 1. The van der Waals surface area contributed by atoms with Crippen LogP contribution in [-0.4, -0.2) is 30.0 Å². The lowest BCUT2D eigenvalue weighted by Crippen LogP contribution is -2.29. The highest BCUT2D eigenvalue weighted by Gasteiger charge is 2.30. The minimum Gasteiger partial charge on any atom is -0.451 e. The number of nitrogens with one attached hydrogen (secondary N) is 1. The van der Waals surface area contributed by atoms with Crippen LogP contribution in [0.25, 0.3) is 10.6 Å². The van der Waals surface area contributed by atoms with E-state index in [1.165, 1.54) is 12.1 Å². The van der Waals surface area contributed by atoms with Gasteiger partial charge in [0.25, 0.3) is 5.91 Å². The Morgan fingerprint density at radius 2 is 1.89 bits per heavy atom. The van der Waals surface area contributed by atoms with Gasteiger partial charge < -0.3 is 10.1 Å². The summed E-state index contributed by atoms with van der Waals surface area (Å²) in [4.78, 5) is 28.2. The van der Waals surface area contributed by atoms with Gasteiger partial charge in [-0.1, -0.05) is 25.5 Å². The van der Waals surface area contributed by atoms with Crippen molar-refractivity contribution >= 4 is 23.2 Å². The minimum absolute atomic E-state index is 0.214. The third-order valence-electron chi connectivity index (χ3n) is 3.63. The van der Waals surface area contributed by atoms with Gasteiger partial charge in [0.1, 0.15) is 9.88 Å². The van der Waals surface area contributed by atoms with E-state index in [4.69, 9.17) is 4.74 Å². The Morgan fingerprint density at radius 3 is 2.48 bits per heavy atom. The number of ether oxygens (including phenoxy) is 1. The van der Waals surface area contributed by atoms with Crippen LogP contribution < -0.4 is 5.32 Å². The number of amides is 1. The molecule has 0 aliphatic carbocycles. The molecule has 146 valence electrons. The molecule has 0 saturated heterocycles. The van der Waals surface area contributed by atoms with Gasteiger partial charge in [-0.3, -0.25) is 4.79 Å². The van der Waals surface area contributed by atoms with E-state index in [0.29, 0.717) is 22.8 Å². The summed E-state index contributed by atoms with van der Waals surface area (Å²) in [7, 11) is 0. The molecule has 1 aromatic heterocycles. The first-order valence-corrected chi connectivity index (χ1v) is 9.13. The third kappa shape index (κ3) is 5.78. The molecule has 0 fully saturated rings. The summed E-state index contributed by atoms with van der Waals surface area (Å²) in [6.45, 7) is 3.72. The van der Waals surface area contributed by atoms with E-state index in [1.54, 1.807) is 6.92 Å². The van der Waals surface area contributed by atoms with E-state index in [1.807, 2.05) is 6.92 Å². The molecule has 1 aromatic carbocycles. The first-order valence-electron chi connectivity index (χ1n) is 8.31. The second-order valence-electron chi connectivity index (χ2n) is 5.79. The molecule has 0 radical (unpaired) electrons. The third-order valence-corrected chi connectivity index (χ3v) is 4.81. The number of esters is 1. The summed E-state index contributed by atoms with van der Waals surface area (Å²) >= 11 is 1.01. The van der Waals surface area contributed by atoms with Crippen molar-refractivity contribution < 1.29 is 27.5 Å². The molecule has 2 aromatic rings. The van der Waals surface area contributed by atoms with Crippen molar-refractivity contribution in [3.05, 3.63) is 40.4 Å². The number of aromatic nitrogens is 1. The monoisotopic (exact) mass is 400 g/mol. The largest absolute Gasteiger partial charge is 0.451 e. The number of hydrogen-bond donors (Lipinski definition) is 1. The molecule has 27 heavy (non-hydrogen) atoms. The number of rotatable bonds is 7. The fourth-order valence-corrected chi connectivity index (χ4v) is 3.13. The molecule has 1 heterocycles. The van der Waals surface area contributed by atoms with Crippen molar-refractivity contribution in [3.8, 4) is 10.6 Å². The normalized spacial score (nSPS) is 11.3. The van der Waals surface area contributed by atoms with Gasteiger partial charge in [0, 0.05) is 12.1 Å². The quantitative estimate of drug-likeness (QED) is 0.558. The summed E-state index contributed by atoms with van der Waals surface area (Å²) in [6, 6.07) is 4.53. The minimum atomic E-state index is -4.41. The van der Waals surface area contributed by atoms with Crippen LogP contribution in [0.4, 0.5) is 13.2 Å². The maximum absolute atomic E-state index is 12.6. The Hall–Kier alpha value is -2.42. The Kier molecular flexibility index (Phi) is 6.95. The maximum atomic E-state index is 12.6. The summed E-state index contributed by atoms with van der Waals surface area (Å²) in [5, 5.41) is 3.04. The van der Waals surface area contributed by atoms with Crippen LogP contribution >= 0.6 is 11.3 Å². The molecule has 9 heteroatoms. The molecule has 0 aliphatic heterocycles. The molecule has 0 spiro atoms. The van der Waals surface area contributed by atoms with Gasteiger partial charge in [0.2, 0.25) is 0 Å². The first kappa shape index (κ1) is 20.9. The highest BCUT2D eigenvalue weighted by atomic mass is 32.1. The second-order valence-corrected chi connectivity index (χ2v) is 6.79. The smallest absolute Gasteiger partial charge is 0.416 e. The van der Waals surface area contributed by atoms with Gasteiger partial charge in [0.05, 0.1) is 11.3 Å². The Labute approximate surface area is 158 Å². The number of unbranched alkanes of at least 4 members (excludes halogenated alkanes) is 1. The average Bonchev–Trinajstić information content (AvgIpc) is 3.01. The number of hydrogen-bond acceptors (Lipinski definition) is 5. The van der Waals surface area contributed by atoms with Crippen molar-refractivity contribution in [2.24, 2.45) is 0 Å². The summed E-state index contributed by atoms with van der Waals surface area (Å²) in [5.74, 6) is -1.07. The highest BCUT2D eigenvalue weighted by Crippen LogP contribution is 2.33. The van der Waals surface area contributed by atoms with Crippen LogP contribution in [0.15, 0.2) is 24.3 Å². The van der Waals surface area contributed by atoms with Crippen LogP contribution in [-0.2, 0) is 15.7 Å². The highest BCUT2D eigenvalue weighted by molar-refractivity contribution is 7.17. The van der Waals surface area contributed by atoms with Gasteiger partial charge in [-0.2, -0.15) is 13.2 Å². The fraction of sp³-hybridized carbons (Fsp3) is 0.389. The zero-order valence-corrected chi connectivity index (χ0v) is 15.7. The SMILES string of the molecule is CCCCNC(=O)COC(=O)c1sc(-c2ccc(C(F)(F)F)cc2)nc1C. The van der Waals surface area contributed by atoms with Gasteiger partial charge in [-0.05, 0) is 25.5 Å². The van der Waals surface area contributed by atoms with Crippen molar-refractivity contribution in [1.29, 1.82) is 0 Å². The summed E-state index contributed by atoms with van der Waals surface area (Å²) < 4.78 is 42.9. The Balaban J connectivity index is 2.03. The second kappa shape index (κ2) is 8.98. The standard InChI is InChI=1S/C18H19F3N2O3S/c1-3-4-9-22-14(24)10-26-17(25)15-11(2)23-16(27-15)12-5-7-13(8-6-12)18(19,20)21/h5-8H,3-4,9-10H2,1-2H3,(H,22,24). The van der Waals surface area contributed by atoms with Crippen molar-refractivity contribution in [1.82, 2.24) is 10.3 Å². The molecule has 0 aliphatic rings. The molecule has 1 amide bonds. The number of thiazole rings is 1. The zero-order chi connectivity index (χ0) is 20.0. The van der Waals surface area contributed by atoms with Gasteiger partial charge >= 0.3 is 12.1 Å². The molecule has 2 rings (SSSR count). The maximum Gasteiger partial charge on any atom is 0.416 e. The van der Waals surface area contributed by atoms with Crippen molar-refractivity contribution in [2.45, 2.75) is 32.9 Å². The van der Waals surface area contributed by atoms with Gasteiger partial charge in [0.15, 0.2) is 6.61 Å². The lowest BCUT2D eigenvalue weighted by Gasteiger charge is -2.06. The Bertz CT molecular complexity index is 801.